The van der Waals surface area contributed by atoms with E-state index in [-0.39, 0.29) is 21.7 Å². The monoisotopic (exact) mass is 1040 g/mol. The molecule has 0 heterocycles. The third-order valence-corrected chi connectivity index (χ3v) is 17.0. The molecule has 0 aliphatic heterocycles. The van der Waals surface area contributed by atoms with Gasteiger partial charge in [0.05, 0.1) is 0 Å². The fourth-order valence-electron chi connectivity index (χ4n) is 12.2. The lowest BCUT2D eigenvalue weighted by atomic mass is 9.81. The molecule has 0 atom stereocenters. The van der Waals surface area contributed by atoms with Gasteiger partial charge in [-0.1, -0.05) is 251 Å². The van der Waals surface area contributed by atoms with Gasteiger partial charge in [-0.3, -0.25) is 0 Å². The summed E-state index contributed by atoms with van der Waals surface area (Å²) in [7, 11) is 0. The van der Waals surface area contributed by atoms with Gasteiger partial charge in [0.1, 0.15) is 0 Å². The van der Waals surface area contributed by atoms with E-state index in [1.165, 1.54) is 100 Å². The molecule has 80 heavy (non-hydrogen) atoms. The molecule has 0 saturated carbocycles. The van der Waals surface area contributed by atoms with E-state index in [1.807, 2.05) is 0 Å². The normalized spacial score (nSPS) is 14.0. The largest absolute Gasteiger partial charge is 0.310 e. The van der Waals surface area contributed by atoms with Gasteiger partial charge in [-0.2, -0.15) is 0 Å². The Morgan fingerprint density at radius 3 is 0.887 bits per heavy atom. The van der Waals surface area contributed by atoms with E-state index in [2.05, 4.69) is 334 Å². The summed E-state index contributed by atoms with van der Waals surface area (Å²) < 4.78 is 0. The highest BCUT2D eigenvalue weighted by atomic mass is 15.1. The minimum Gasteiger partial charge on any atom is -0.310 e. The van der Waals surface area contributed by atoms with Crippen LogP contribution in [0.25, 0.3) is 57.7 Å². The van der Waals surface area contributed by atoms with E-state index in [1.54, 1.807) is 0 Å². The number of anilines is 6. The Balaban J connectivity index is 0.718. The van der Waals surface area contributed by atoms with Crippen molar-refractivity contribution in [1.82, 2.24) is 0 Å². The maximum atomic E-state index is 2.42. The first-order chi connectivity index (χ1) is 38.4. The van der Waals surface area contributed by atoms with Crippen molar-refractivity contribution in [3.8, 4) is 33.4 Å². The number of fused-ring (bicyclic) bond motifs is 6. The molecule has 2 heteroatoms. The molecule has 0 bridgehead atoms. The van der Waals surface area contributed by atoms with Gasteiger partial charge in [0.2, 0.25) is 0 Å². The van der Waals surface area contributed by atoms with Crippen LogP contribution < -0.4 is 9.80 Å². The van der Waals surface area contributed by atoms with Crippen molar-refractivity contribution in [2.24, 2.45) is 0 Å². The maximum Gasteiger partial charge on any atom is 0.0465 e. The van der Waals surface area contributed by atoms with Crippen molar-refractivity contribution < 1.29 is 0 Å². The molecule has 12 rings (SSSR count). The fourth-order valence-corrected chi connectivity index (χ4v) is 12.2. The number of hydrogen-bond donors (Lipinski definition) is 0. The summed E-state index contributed by atoms with van der Waals surface area (Å²) in [4.78, 5) is 4.77. The molecule has 0 radical (unpaired) electrons. The molecule has 0 aromatic heterocycles. The van der Waals surface area contributed by atoms with Gasteiger partial charge >= 0.3 is 0 Å². The van der Waals surface area contributed by atoms with E-state index in [0.29, 0.717) is 0 Å². The van der Waals surface area contributed by atoms with Crippen molar-refractivity contribution in [3.63, 3.8) is 0 Å². The molecule has 2 aliphatic carbocycles. The average molecular weight is 1040 g/mol. The van der Waals surface area contributed by atoms with E-state index < -0.39 is 0 Å². The second-order valence-electron chi connectivity index (χ2n) is 25.2. The van der Waals surface area contributed by atoms with Crippen molar-refractivity contribution in [2.75, 3.05) is 9.80 Å². The summed E-state index contributed by atoms with van der Waals surface area (Å²) >= 11 is 0. The third-order valence-electron chi connectivity index (χ3n) is 17.0. The molecule has 0 amide bonds. The summed E-state index contributed by atoms with van der Waals surface area (Å²) in [5.41, 5.74) is 27.3. The number of benzene rings is 10. The molecular weight excluding hydrogens is 965 g/mol. The molecule has 10 aromatic carbocycles. The maximum absolute atomic E-state index is 2.42. The third kappa shape index (κ3) is 9.83. The van der Waals surface area contributed by atoms with Crippen molar-refractivity contribution in [1.29, 1.82) is 0 Å². The molecule has 2 nitrogen and oxygen atoms in total. The topological polar surface area (TPSA) is 6.48 Å². The zero-order valence-electron chi connectivity index (χ0n) is 48.1. The number of nitrogens with zero attached hydrogens (tertiary/aromatic N) is 2. The number of rotatable bonds is 11. The Kier molecular flexibility index (Phi) is 13.1. The van der Waals surface area contributed by atoms with Gasteiger partial charge in [-0.25, -0.2) is 0 Å². The van der Waals surface area contributed by atoms with Crippen LogP contribution in [0, 0.1) is 0 Å². The summed E-state index contributed by atoms with van der Waals surface area (Å²) in [6.07, 6.45) is 8.98. The number of para-hydroxylation sites is 2. The van der Waals surface area contributed by atoms with Crippen molar-refractivity contribution >= 4 is 58.4 Å². The molecule has 0 unspecified atom stereocenters. The summed E-state index contributed by atoms with van der Waals surface area (Å²) in [6.45, 7) is 23.1. The second-order valence-corrected chi connectivity index (χ2v) is 25.2. The standard InChI is InChI=1S/C78H72N2/c1-75(2,3)59-35-39-63(40-36-59)79(61-17-13-11-14-18-61)65-43-47-69-67-45-29-55(49-71(67)77(7,8)73(69)51-65)23-21-53-25-31-57(32-26-53)58-33-27-54(28-34-58)22-24-56-30-46-68-70-48-44-66(52-74(70)78(9,10)72(68)50-56)80(62-19-15-12-16-20-62)64-41-37-60(38-42-64)76(4,5)6/h11-52H,1-10H3. The van der Waals surface area contributed by atoms with Crippen LogP contribution in [-0.4, -0.2) is 0 Å². The SMILES string of the molecule is CC(C)(C)c1ccc(N(c2ccccc2)c2ccc3c(c2)C(C)(C)c2cc(C=Cc4ccc(-c5ccc(C=Cc6ccc7c(c6)C(C)(C)c6cc(N(c8ccccc8)c8ccc(C(C)(C)C)cc8)ccc6-7)cc5)cc4)ccc2-3)cc1. The molecule has 10 aromatic rings. The quantitative estimate of drug-likeness (QED) is 0.119. The van der Waals surface area contributed by atoms with Crippen LogP contribution in [0.2, 0.25) is 0 Å². The molecule has 0 saturated heterocycles. The van der Waals surface area contributed by atoms with Gasteiger partial charge in [-0.05, 0) is 173 Å². The Morgan fingerprint density at radius 2 is 0.550 bits per heavy atom. The Bertz CT molecular complexity index is 3690. The minimum atomic E-state index is -0.165. The molecular formula is C78H72N2. The lowest BCUT2D eigenvalue weighted by molar-refractivity contribution is 0.590. The second kappa shape index (κ2) is 20.2. The van der Waals surface area contributed by atoms with Crippen LogP contribution in [0.5, 0.6) is 0 Å². The van der Waals surface area contributed by atoms with Crippen LogP contribution in [0.15, 0.2) is 231 Å². The van der Waals surface area contributed by atoms with Gasteiger partial charge in [0, 0.05) is 45.0 Å². The van der Waals surface area contributed by atoms with Gasteiger partial charge in [0.15, 0.2) is 0 Å². The number of hydrogen-bond acceptors (Lipinski definition) is 2. The highest BCUT2D eigenvalue weighted by Gasteiger charge is 2.38. The summed E-state index contributed by atoms with van der Waals surface area (Å²) in [6, 6.07) is 85.5. The zero-order valence-corrected chi connectivity index (χ0v) is 48.1. The van der Waals surface area contributed by atoms with Crippen LogP contribution in [-0.2, 0) is 21.7 Å². The van der Waals surface area contributed by atoms with E-state index >= 15 is 0 Å². The van der Waals surface area contributed by atoms with E-state index in [9.17, 15) is 0 Å². The Labute approximate surface area is 476 Å². The summed E-state index contributed by atoms with van der Waals surface area (Å²) in [5.74, 6) is 0. The minimum absolute atomic E-state index is 0.0913. The molecule has 0 fully saturated rings. The van der Waals surface area contributed by atoms with Crippen molar-refractivity contribution in [2.45, 2.75) is 90.9 Å². The smallest absolute Gasteiger partial charge is 0.0465 e. The van der Waals surface area contributed by atoms with Crippen LogP contribution in [0.3, 0.4) is 0 Å². The van der Waals surface area contributed by atoms with Gasteiger partial charge in [-0.15, -0.1) is 0 Å². The van der Waals surface area contributed by atoms with Gasteiger partial charge < -0.3 is 9.80 Å². The lowest BCUT2D eigenvalue weighted by Crippen LogP contribution is -2.17. The summed E-state index contributed by atoms with van der Waals surface area (Å²) in [5, 5.41) is 0. The van der Waals surface area contributed by atoms with E-state index in [0.717, 1.165) is 22.7 Å². The first kappa shape index (κ1) is 52.0. The molecule has 2 aliphatic rings. The molecule has 0 N–H and O–H groups in total. The first-order valence-corrected chi connectivity index (χ1v) is 28.5. The van der Waals surface area contributed by atoms with Crippen LogP contribution >= 0.6 is 0 Å². The molecule has 0 spiro atoms. The molecule has 394 valence electrons. The zero-order chi connectivity index (χ0) is 55.6. The van der Waals surface area contributed by atoms with Crippen LogP contribution in [0.1, 0.15) is 125 Å². The average Bonchev–Trinajstić information content (AvgIpc) is 3.96. The fraction of sp³-hybridized carbons (Fsp3) is 0.179. The Morgan fingerprint density at radius 1 is 0.275 bits per heavy atom. The predicted octanol–water partition coefficient (Wildman–Crippen LogP) is 21.8. The predicted molar refractivity (Wildman–Crippen MR) is 345 cm³/mol. The van der Waals surface area contributed by atoms with E-state index in [4.69, 9.17) is 0 Å². The first-order valence-electron chi connectivity index (χ1n) is 28.5. The highest BCUT2D eigenvalue weighted by molar-refractivity contribution is 5.89. The van der Waals surface area contributed by atoms with Crippen molar-refractivity contribution in [3.05, 3.63) is 286 Å². The van der Waals surface area contributed by atoms with Gasteiger partial charge in [0.25, 0.3) is 0 Å². The highest BCUT2D eigenvalue weighted by Crippen LogP contribution is 2.53. The Hall–Kier alpha value is -8.72. The lowest BCUT2D eigenvalue weighted by Gasteiger charge is -2.29. The van der Waals surface area contributed by atoms with Crippen LogP contribution in [0.4, 0.5) is 34.1 Å².